The highest BCUT2D eigenvalue weighted by atomic mass is 32.1. The van der Waals surface area contributed by atoms with E-state index in [0.29, 0.717) is 5.69 Å². The number of anilines is 1. The van der Waals surface area contributed by atoms with Crippen LogP contribution in [-0.4, -0.2) is 23.0 Å². The van der Waals surface area contributed by atoms with Gasteiger partial charge in [-0.05, 0) is 74.8 Å². The highest BCUT2D eigenvalue weighted by Gasteiger charge is 2.35. The fraction of sp³-hybridized carbons (Fsp3) is 0.261. The summed E-state index contributed by atoms with van der Waals surface area (Å²) in [4.78, 5) is 26.9. The average Bonchev–Trinajstić information content (AvgIpc) is 2.67. The molecule has 0 bridgehead atoms. The molecule has 150 valence electrons. The highest BCUT2D eigenvalue weighted by Crippen LogP contribution is 2.26. The van der Waals surface area contributed by atoms with E-state index in [0.717, 1.165) is 28.9 Å². The van der Waals surface area contributed by atoms with Crippen molar-refractivity contribution in [3.8, 4) is 5.75 Å². The van der Waals surface area contributed by atoms with Crippen LogP contribution in [0.1, 0.15) is 37.0 Å². The molecule has 1 N–H and O–H groups in total. The predicted molar refractivity (Wildman–Crippen MR) is 119 cm³/mol. The number of benzene rings is 2. The van der Waals surface area contributed by atoms with Crippen molar-refractivity contribution >= 4 is 40.9 Å². The first-order valence-corrected chi connectivity index (χ1v) is 9.96. The van der Waals surface area contributed by atoms with Crippen molar-refractivity contribution in [1.29, 1.82) is 0 Å². The molecule has 1 fully saturated rings. The second kappa shape index (κ2) is 8.57. The normalized spacial score (nSPS) is 16.8. The fourth-order valence-corrected chi connectivity index (χ4v) is 3.33. The van der Waals surface area contributed by atoms with Crippen LogP contribution in [-0.2, 0) is 9.59 Å². The zero-order valence-corrected chi connectivity index (χ0v) is 17.8. The number of nitrogens with one attached hydrogen (secondary N) is 1. The molecule has 1 aliphatic rings. The number of hydrogen-bond donors (Lipinski definition) is 1. The second-order valence-corrected chi connectivity index (χ2v) is 7.54. The van der Waals surface area contributed by atoms with Crippen LogP contribution >= 0.6 is 12.2 Å². The third-order valence-electron chi connectivity index (χ3n) is 4.80. The van der Waals surface area contributed by atoms with E-state index in [4.69, 9.17) is 17.0 Å². The van der Waals surface area contributed by atoms with Gasteiger partial charge in [0.2, 0.25) is 0 Å². The Hall–Kier alpha value is -2.99. The van der Waals surface area contributed by atoms with Crippen LogP contribution in [0.25, 0.3) is 6.08 Å². The van der Waals surface area contributed by atoms with Crippen LogP contribution in [0.2, 0.25) is 0 Å². The van der Waals surface area contributed by atoms with Crippen molar-refractivity contribution in [2.45, 2.75) is 40.2 Å². The van der Waals surface area contributed by atoms with Crippen molar-refractivity contribution in [2.24, 2.45) is 0 Å². The van der Waals surface area contributed by atoms with Gasteiger partial charge in [0.15, 0.2) is 5.11 Å². The van der Waals surface area contributed by atoms with E-state index in [-0.39, 0.29) is 16.8 Å². The minimum atomic E-state index is -0.499. The molecule has 1 aliphatic heterocycles. The Morgan fingerprint density at radius 3 is 2.45 bits per heavy atom. The molecule has 3 rings (SSSR count). The van der Waals surface area contributed by atoms with Gasteiger partial charge in [-0.1, -0.05) is 36.8 Å². The SMILES string of the molecule is CC[C@H](C)Oc1ccc(/C=C2/C(=O)NC(=S)N(c3ccc(C)cc3C)C2=O)cc1. The number of hydrogen-bond acceptors (Lipinski definition) is 4. The fourth-order valence-electron chi connectivity index (χ4n) is 3.06. The lowest BCUT2D eigenvalue weighted by atomic mass is 10.0. The van der Waals surface area contributed by atoms with Crippen LogP contribution in [0.5, 0.6) is 5.75 Å². The largest absolute Gasteiger partial charge is 0.491 e. The maximum Gasteiger partial charge on any atom is 0.270 e. The first-order valence-electron chi connectivity index (χ1n) is 9.55. The Bertz CT molecular complexity index is 996. The summed E-state index contributed by atoms with van der Waals surface area (Å²) in [5.41, 5.74) is 3.42. The zero-order chi connectivity index (χ0) is 21.1. The summed E-state index contributed by atoms with van der Waals surface area (Å²) in [6.45, 7) is 7.96. The van der Waals surface area contributed by atoms with Gasteiger partial charge >= 0.3 is 0 Å². The molecule has 2 aromatic carbocycles. The molecule has 1 atom stereocenters. The number of thiocarbonyl (C=S) groups is 1. The second-order valence-electron chi connectivity index (χ2n) is 7.15. The molecule has 2 aromatic rings. The Morgan fingerprint density at radius 1 is 1.14 bits per heavy atom. The topological polar surface area (TPSA) is 58.6 Å². The highest BCUT2D eigenvalue weighted by molar-refractivity contribution is 7.80. The maximum absolute atomic E-state index is 13.1. The summed E-state index contributed by atoms with van der Waals surface area (Å²) >= 11 is 5.27. The summed E-state index contributed by atoms with van der Waals surface area (Å²) in [7, 11) is 0. The zero-order valence-electron chi connectivity index (χ0n) is 17.0. The summed E-state index contributed by atoms with van der Waals surface area (Å²) in [6, 6.07) is 13.0. The molecule has 0 saturated carbocycles. The van der Waals surface area contributed by atoms with Crippen molar-refractivity contribution in [3.63, 3.8) is 0 Å². The molecule has 0 aromatic heterocycles. The molecule has 0 unspecified atom stereocenters. The first-order chi connectivity index (χ1) is 13.8. The molecule has 5 nitrogen and oxygen atoms in total. The lowest BCUT2D eigenvalue weighted by molar-refractivity contribution is -0.122. The van der Waals surface area contributed by atoms with Crippen LogP contribution < -0.4 is 15.0 Å². The predicted octanol–water partition coefficient (Wildman–Crippen LogP) is 4.31. The van der Waals surface area contributed by atoms with E-state index in [1.54, 1.807) is 6.08 Å². The van der Waals surface area contributed by atoms with Gasteiger partial charge in [-0.2, -0.15) is 0 Å². The number of carbonyl (C=O) groups excluding carboxylic acids is 2. The van der Waals surface area contributed by atoms with Gasteiger partial charge < -0.3 is 4.74 Å². The van der Waals surface area contributed by atoms with Crippen molar-refractivity contribution < 1.29 is 14.3 Å². The van der Waals surface area contributed by atoms with E-state index in [1.165, 1.54) is 4.90 Å². The third-order valence-corrected chi connectivity index (χ3v) is 5.08. The van der Waals surface area contributed by atoms with E-state index in [2.05, 4.69) is 12.2 Å². The summed E-state index contributed by atoms with van der Waals surface area (Å²) in [5, 5.41) is 2.70. The van der Waals surface area contributed by atoms with Gasteiger partial charge in [-0.15, -0.1) is 0 Å². The smallest absolute Gasteiger partial charge is 0.270 e. The lowest BCUT2D eigenvalue weighted by Gasteiger charge is -2.30. The Balaban J connectivity index is 1.91. The number of nitrogens with zero attached hydrogens (tertiary/aromatic N) is 1. The van der Waals surface area contributed by atoms with Crippen LogP contribution in [0.4, 0.5) is 5.69 Å². The van der Waals surface area contributed by atoms with Gasteiger partial charge in [0.1, 0.15) is 11.3 Å². The molecular weight excluding hydrogens is 384 g/mol. The quantitative estimate of drug-likeness (QED) is 0.455. The number of ether oxygens (including phenoxy) is 1. The maximum atomic E-state index is 13.1. The number of amides is 2. The minimum Gasteiger partial charge on any atom is -0.491 e. The lowest BCUT2D eigenvalue weighted by Crippen LogP contribution is -2.54. The average molecular weight is 409 g/mol. The minimum absolute atomic E-state index is 0.0363. The van der Waals surface area contributed by atoms with Crippen molar-refractivity contribution in [2.75, 3.05) is 4.90 Å². The Kier molecular flexibility index (Phi) is 6.13. The van der Waals surface area contributed by atoms with E-state index >= 15 is 0 Å². The van der Waals surface area contributed by atoms with E-state index in [1.807, 2.05) is 63.2 Å². The van der Waals surface area contributed by atoms with E-state index in [9.17, 15) is 9.59 Å². The van der Waals surface area contributed by atoms with Crippen LogP contribution in [0.15, 0.2) is 48.0 Å². The summed E-state index contributed by atoms with van der Waals surface area (Å²) in [5.74, 6) is -0.189. The molecular formula is C23H24N2O3S. The van der Waals surface area contributed by atoms with Crippen molar-refractivity contribution in [1.82, 2.24) is 5.32 Å². The van der Waals surface area contributed by atoms with Gasteiger partial charge in [-0.3, -0.25) is 19.8 Å². The van der Waals surface area contributed by atoms with Gasteiger partial charge in [-0.25, -0.2) is 0 Å². The Morgan fingerprint density at radius 2 is 1.83 bits per heavy atom. The Labute approximate surface area is 176 Å². The third kappa shape index (κ3) is 4.54. The standard InChI is InChI=1S/C23H24N2O3S/c1-5-16(4)28-18-9-7-17(8-10-18)13-19-21(26)24-23(29)25(22(19)27)20-11-6-14(2)12-15(20)3/h6-13,16H,5H2,1-4H3,(H,24,26,29)/b19-13-/t16-/m0/s1. The number of rotatable bonds is 5. The molecule has 0 spiro atoms. The van der Waals surface area contributed by atoms with Gasteiger partial charge in [0.05, 0.1) is 11.8 Å². The molecule has 2 amide bonds. The van der Waals surface area contributed by atoms with Crippen LogP contribution in [0, 0.1) is 13.8 Å². The van der Waals surface area contributed by atoms with Gasteiger partial charge in [0, 0.05) is 0 Å². The monoisotopic (exact) mass is 408 g/mol. The van der Waals surface area contributed by atoms with Gasteiger partial charge in [0.25, 0.3) is 11.8 Å². The summed E-state index contributed by atoms with van der Waals surface area (Å²) < 4.78 is 5.77. The molecule has 0 radical (unpaired) electrons. The summed E-state index contributed by atoms with van der Waals surface area (Å²) in [6.07, 6.45) is 2.61. The molecule has 1 saturated heterocycles. The van der Waals surface area contributed by atoms with Crippen LogP contribution in [0.3, 0.4) is 0 Å². The molecule has 29 heavy (non-hydrogen) atoms. The molecule has 0 aliphatic carbocycles. The number of carbonyl (C=O) groups is 2. The molecule has 1 heterocycles. The van der Waals surface area contributed by atoms with E-state index < -0.39 is 11.8 Å². The number of aryl methyl sites for hydroxylation is 2. The molecule has 6 heteroatoms. The van der Waals surface area contributed by atoms with Crippen molar-refractivity contribution in [3.05, 3.63) is 64.7 Å². The first kappa shape index (κ1) is 20.7.